The highest BCUT2D eigenvalue weighted by atomic mass is 35.5. The van der Waals surface area contributed by atoms with Gasteiger partial charge in [0.1, 0.15) is 23.7 Å². The zero-order valence-corrected chi connectivity index (χ0v) is 19.2. The first-order valence-electron chi connectivity index (χ1n) is 10.4. The number of anilines is 1. The zero-order valence-electron chi connectivity index (χ0n) is 18.4. The van der Waals surface area contributed by atoms with E-state index in [1.165, 1.54) is 18.2 Å². The van der Waals surface area contributed by atoms with Gasteiger partial charge in [0, 0.05) is 10.6 Å². The normalized spacial score (nSPS) is 15.0. The Labute approximate surface area is 200 Å². The maximum atomic E-state index is 13.3. The third-order valence-corrected chi connectivity index (χ3v) is 5.73. The minimum atomic E-state index is -0.820. The van der Waals surface area contributed by atoms with Gasteiger partial charge in [0.2, 0.25) is 0 Å². The standard InChI is InChI=1S/C26H20ClFN2O4/c1-15-4-3-5-22(16(15)2)30-25(32)21(24(31)29-26(30)33)13-18-12-19(27)8-11-23(18)34-14-17-6-9-20(28)10-7-17/h3-13H,14H2,1-2H3,(H,29,31,33)/b21-13+. The average molecular weight is 479 g/mol. The average Bonchev–Trinajstić information content (AvgIpc) is 2.80. The van der Waals surface area contributed by atoms with Gasteiger partial charge >= 0.3 is 6.03 Å². The molecule has 34 heavy (non-hydrogen) atoms. The number of amides is 4. The molecule has 3 aromatic rings. The number of halogens is 2. The molecule has 0 bridgehead atoms. The summed E-state index contributed by atoms with van der Waals surface area (Å²) in [5, 5.41) is 2.59. The summed E-state index contributed by atoms with van der Waals surface area (Å²) in [6, 6.07) is 15.0. The van der Waals surface area contributed by atoms with Crippen molar-refractivity contribution in [3.05, 3.63) is 99.3 Å². The van der Waals surface area contributed by atoms with Crippen LogP contribution in [0.1, 0.15) is 22.3 Å². The van der Waals surface area contributed by atoms with E-state index in [9.17, 15) is 18.8 Å². The Morgan fingerprint density at radius 3 is 2.50 bits per heavy atom. The van der Waals surface area contributed by atoms with E-state index in [0.29, 0.717) is 22.0 Å². The minimum Gasteiger partial charge on any atom is -0.488 e. The van der Waals surface area contributed by atoms with Gasteiger partial charge < -0.3 is 4.74 Å². The van der Waals surface area contributed by atoms with Gasteiger partial charge in [-0.2, -0.15) is 0 Å². The number of ether oxygens (including phenoxy) is 1. The molecule has 172 valence electrons. The fourth-order valence-electron chi connectivity index (χ4n) is 3.51. The molecule has 3 aromatic carbocycles. The van der Waals surface area contributed by atoms with Gasteiger partial charge in [-0.3, -0.25) is 14.9 Å². The summed E-state index contributed by atoms with van der Waals surface area (Å²) in [5.74, 6) is -1.57. The lowest BCUT2D eigenvalue weighted by molar-refractivity contribution is -0.122. The molecule has 0 spiro atoms. The van der Waals surface area contributed by atoms with Crippen LogP contribution in [-0.4, -0.2) is 17.8 Å². The summed E-state index contributed by atoms with van der Waals surface area (Å²) >= 11 is 6.15. The number of benzene rings is 3. The van der Waals surface area contributed by atoms with E-state index in [1.807, 2.05) is 13.0 Å². The molecule has 0 aliphatic carbocycles. The lowest BCUT2D eigenvalue weighted by Gasteiger charge is -2.28. The first-order valence-corrected chi connectivity index (χ1v) is 10.8. The minimum absolute atomic E-state index is 0.130. The van der Waals surface area contributed by atoms with Crippen LogP contribution in [0.4, 0.5) is 14.9 Å². The highest BCUT2D eigenvalue weighted by Crippen LogP contribution is 2.30. The van der Waals surface area contributed by atoms with E-state index < -0.39 is 17.8 Å². The fourth-order valence-corrected chi connectivity index (χ4v) is 3.70. The van der Waals surface area contributed by atoms with Crippen molar-refractivity contribution < 1.29 is 23.5 Å². The number of carbonyl (C=O) groups is 3. The molecule has 8 heteroatoms. The molecular formula is C26H20ClFN2O4. The molecule has 0 aromatic heterocycles. The zero-order chi connectivity index (χ0) is 24.4. The summed E-state index contributed by atoms with van der Waals surface area (Å²) in [7, 11) is 0. The van der Waals surface area contributed by atoms with E-state index in [4.69, 9.17) is 16.3 Å². The van der Waals surface area contributed by atoms with Crippen molar-refractivity contribution in [2.24, 2.45) is 0 Å². The maximum Gasteiger partial charge on any atom is 0.335 e. The lowest BCUT2D eigenvalue weighted by atomic mass is 10.0. The van der Waals surface area contributed by atoms with E-state index in [0.717, 1.165) is 21.6 Å². The van der Waals surface area contributed by atoms with Crippen LogP contribution in [0.15, 0.2) is 66.2 Å². The number of imide groups is 2. The second-order valence-electron chi connectivity index (χ2n) is 7.77. The van der Waals surface area contributed by atoms with Crippen molar-refractivity contribution in [1.82, 2.24) is 5.32 Å². The van der Waals surface area contributed by atoms with Crippen LogP contribution in [0.25, 0.3) is 6.08 Å². The van der Waals surface area contributed by atoms with E-state index >= 15 is 0 Å². The van der Waals surface area contributed by atoms with Gasteiger partial charge in [-0.25, -0.2) is 14.1 Å². The second-order valence-corrected chi connectivity index (χ2v) is 8.21. The highest BCUT2D eigenvalue weighted by molar-refractivity contribution is 6.39. The molecule has 1 saturated heterocycles. The number of carbonyl (C=O) groups excluding carboxylic acids is 3. The van der Waals surface area contributed by atoms with Crippen molar-refractivity contribution in [3.63, 3.8) is 0 Å². The predicted octanol–water partition coefficient (Wildman–Crippen LogP) is 5.34. The van der Waals surface area contributed by atoms with Gasteiger partial charge in [0.05, 0.1) is 5.69 Å². The topological polar surface area (TPSA) is 75.7 Å². The van der Waals surface area contributed by atoms with Crippen LogP contribution < -0.4 is 15.0 Å². The number of hydrogen-bond donors (Lipinski definition) is 1. The third kappa shape index (κ3) is 4.70. The number of urea groups is 1. The molecule has 1 aliphatic rings. The molecule has 1 fully saturated rings. The number of nitrogens with zero attached hydrogens (tertiary/aromatic N) is 1. The lowest BCUT2D eigenvalue weighted by Crippen LogP contribution is -2.54. The summed E-state index contributed by atoms with van der Waals surface area (Å²) in [4.78, 5) is 39.4. The fraction of sp³-hybridized carbons (Fsp3) is 0.115. The first kappa shape index (κ1) is 23.2. The van der Waals surface area contributed by atoms with Crippen LogP contribution in [0.3, 0.4) is 0 Å². The summed E-state index contributed by atoms with van der Waals surface area (Å²) in [6.45, 7) is 3.79. The summed E-state index contributed by atoms with van der Waals surface area (Å²) in [5.41, 5.74) is 2.89. The Balaban J connectivity index is 1.69. The van der Waals surface area contributed by atoms with Gasteiger partial charge in [-0.1, -0.05) is 35.9 Å². The highest BCUT2D eigenvalue weighted by Gasteiger charge is 2.37. The van der Waals surface area contributed by atoms with Crippen LogP contribution in [0.5, 0.6) is 5.75 Å². The SMILES string of the molecule is Cc1cccc(N2C(=O)NC(=O)/C(=C\c3cc(Cl)ccc3OCc3ccc(F)cc3)C2=O)c1C. The molecule has 4 rings (SSSR count). The number of nitrogens with one attached hydrogen (secondary N) is 1. The van der Waals surface area contributed by atoms with Crippen LogP contribution in [0.2, 0.25) is 5.02 Å². The van der Waals surface area contributed by atoms with E-state index in [2.05, 4.69) is 5.32 Å². The molecule has 0 unspecified atom stereocenters. The third-order valence-electron chi connectivity index (χ3n) is 5.50. The molecule has 4 amide bonds. The van der Waals surface area contributed by atoms with Crippen molar-refractivity contribution in [1.29, 1.82) is 0 Å². The van der Waals surface area contributed by atoms with Gasteiger partial charge in [-0.05, 0) is 73.0 Å². The predicted molar refractivity (Wildman–Crippen MR) is 127 cm³/mol. The van der Waals surface area contributed by atoms with Crippen LogP contribution in [0, 0.1) is 19.7 Å². The number of barbiturate groups is 1. The first-order chi connectivity index (χ1) is 16.2. The second kappa shape index (κ2) is 9.49. The monoisotopic (exact) mass is 478 g/mol. The van der Waals surface area contributed by atoms with Gasteiger partial charge in [0.15, 0.2) is 0 Å². The van der Waals surface area contributed by atoms with E-state index in [-0.39, 0.29) is 18.0 Å². The summed E-state index contributed by atoms with van der Waals surface area (Å²) < 4.78 is 19.0. The summed E-state index contributed by atoms with van der Waals surface area (Å²) in [6.07, 6.45) is 1.34. The molecule has 1 heterocycles. The number of hydrogen-bond acceptors (Lipinski definition) is 4. The van der Waals surface area contributed by atoms with Gasteiger partial charge in [0.25, 0.3) is 11.8 Å². The molecule has 0 radical (unpaired) electrons. The van der Waals surface area contributed by atoms with Crippen molar-refractivity contribution in [2.45, 2.75) is 20.5 Å². The smallest absolute Gasteiger partial charge is 0.335 e. The van der Waals surface area contributed by atoms with Crippen molar-refractivity contribution in [3.8, 4) is 5.75 Å². The Bertz CT molecular complexity index is 1340. The molecule has 0 atom stereocenters. The Morgan fingerprint density at radius 2 is 1.76 bits per heavy atom. The van der Waals surface area contributed by atoms with E-state index in [1.54, 1.807) is 49.4 Å². The van der Waals surface area contributed by atoms with Crippen LogP contribution in [-0.2, 0) is 16.2 Å². The maximum absolute atomic E-state index is 13.3. The van der Waals surface area contributed by atoms with Gasteiger partial charge in [-0.15, -0.1) is 0 Å². The Kier molecular flexibility index (Phi) is 6.47. The molecule has 1 aliphatic heterocycles. The number of aryl methyl sites for hydroxylation is 1. The van der Waals surface area contributed by atoms with Crippen molar-refractivity contribution in [2.75, 3.05) is 4.90 Å². The number of rotatable bonds is 5. The molecule has 0 saturated carbocycles. The Hall–Kier alpha value is -3.97. The quantitative estimate of drug-likeness (QED) is 0.396. The molecular weight excluding hydrogens is 459 g/mol. The molecule has 6 nitrogen and oxygen atoms in total. The Morgan fingerprint density at radius 1 is 1.03 bits per heavy atom. The molecule has 1 N–H and O–H groups in total. The van der Waals surface area contributed by atoms with Crippen molar-refractivity contribution >= 4 is 41.2 Å². The largest absolute Gasteiger partial charge is 0.488 e. The van der Waals surface area contributed by atoms with Crippen LogP contribution >= 0.6 is 11.6 Å².